The molecule has 0 rings (SSSR count). The number of rotatable bonds is 3. The molecule has 11 heavy (non-hydrogen) atoms. The van der Waals surface area contributed by atoms with Crippen LogP contribution in [0.2, 0.25) is 0 Å². The van der Waals surface area contributed by atoms with Gasteiger partial charge in [0.2, 0.25) is 0 Å². The molecule has 0 aromatic carbocycles. The van der Waals surface area contributed by atoms with Gasteiger partial charge in [-0.25, -0.2) is 0 Å². The Morgan fingerprint density at radius 1 is 1.55 bits per heavy atom. The number of methoxy groups -OCH3 is 2. The summed E-state index contributed by atoms with van der Waals surface area (Å²) in [6.45, 7) is 0. The minimum Gasteiger partial charge on any atom is -0.877 e. The Hall–Kier alpha value is -0.0500. The predicted molar refractivity (Wildman–Crippen MR) is 31.5 cm³/mol. The van der Waals surface area contributed by atoms with Crippen LogP contribution >= 0.6 is 0 Å². The smallest absolute Gasteiger partial charge is 0.877 e. The number of nitriles is 1. The summed E-state index contributed by atoms with van der Waals surface area (Å²) in [6, 6.07) is 1.65. The van der Waals surface area contributed by atoms with Crippen molar-refractivity contribution < 1.29 is 44.1 Å². The van der Waals surface area contributed by atoms with E-state index in [1.807, 2.05) is 0 Å². The fourth-order valence-corrected chi connectivity index (χ4v) is 0.485. The summed E-state index contributed by atoms with van der Waals surface area (Å²) in [7, 11) is 2.71. The Bertz CT molecular complexity index is 160. The number of hydrogen-bond donors (Lipinski definition) is 0. The van der Waals surface area contributed by atoms with Crippen molar-refractivity contribution in [3.05, 3.63) is 11.8 Å². The maximum absolute atomic E-state index is 10.1. The van der Waals surface area contributed by atoms with Crippen molar-refractivity contribution in [3.63, 3.8) is 0 Å². The van der Waals surface area contributed by atoms with E-state index in [4.69, 9.17) is 5.26 Å². The van der Waals surface area contributed by atoms with Crippen molar-refractivity contribution in [2.24, 2.45) is 0 Å². The second-order valence-corrected chi connectivity index (χ2v) is 1.49. The zero-order valence-corrected chi connectivity index (χ0v) is 8.83. The fraction of sp³-hybridized carbons (Fsp3) is 0.500. The van der Waals surface area contributed by atoms with Crippen LogP contribution < -0.4 is 34.7 Å². The van der Waals surface area contributed by atoms with E-state index in [9.17, 15) is 5.11 Å². The quantitative estimate of drug-likeness (QED) is 0.187. The Balaban J connectivity index is 0. The van der Waals surface area contributed by atoms with Gasteiger partial charge in [0, 0.05) is 14.2 Å². The molecule has 0 amide bonds. The first-order valence-corrected chi connectivity index (χ1v) is 2.57. The van der Waals surface area contributed by atoms with Gasteiger partial charge in [0.05, 0.1) is 11.6 Å². The van der Waals surface area contributed by atoms with E-state index >= 15 is 0 Å². The second-order valence-electron chi connectivity index (χ2n) is 1.49. The molecule has 5 heteroatoms. The minimum absolute atomic E-state index is 0. The van der Waals surface area contributed by atoms with Gasteiger partial charge in [-0.2, -0.15) is 5.26 Å². The van der Waals surface area contributed by atoms with Crippen molar-refractivity contribution >= 4 is 0 Å². The van der Waals surface area contributed by atoms with Crippen LogP contribution in [0.4, 0.5) is 0 Å². The first kappa shape index (κ1) is 13.5. The molecule has 0 unspecified atom stereocenters. The van der Waals surface area contributed by atoms with Gasteiger partial charge in [-0.3, -0.25) is 0 Å². The Morgan fingerprint density at radius 2 is 2.00 bits per heavy atom. The zero-order valence-electron chi connectivity index (χ0n) is 6.83. The molecule has 56 valence electrons. The minimum atomic E-state index is -0.831. The second kappa shape index (κ2) is 8.05. The first-order valence-electron chi connectivity index (χ1n) is 2.57. The van der Waals surface area contributed by atoms with Crippen molar-refractivity contribution in [2.45, 2.75) is 6.29 Å². The summed E-state index contributed by atoms with van der Waals surface area (Å²) in [5.41, 5.74) is -0.0648. The molecule has 0 radical (unpaired) electrons. The van der Waals surface area contributed by atoms with E-state index in [0.29, 0.717) is 6.26 Å². The van der Waals surface area contributed by atoms with E-state index in [-0.39, 0.29) is 35.1 Å². The third-order valence-corrected chi connectivity index (χ3v) is 0.938. The molecule has 0 aromatic heterocycles. The van der Waals surface area contributed by atoms with E-state index < -0.39 is 6.29 Å². The monoisotopic (exact) mass is 165 g/mol. The maximum atomic E-state index is 10.1. The van der Waals surface area contributed by atoms with Crippen LogP contribution in [0.5, 0.6) is 0 Å². The van der Waals surface area contributed by atoms with E-state index in [1.165, 1.54) is 14.2 Å². The van der Waals surface area contributed by atoms with Gasteiger partial charge in [0.1, 0.15) is 0 Å². The van der Waals surface area contributed by atoms with E-state index in [0.717, 1.165) is 0 Å². The molecule has 0 fully saturated rings. The van der Waals surface area contributed by atoms with Crippen LogP contribution in [0, 0.1) is 11.3 Å². The number of nitrogens with zero attached hydrogens (tertiary/aromatic N) is 1. The van der Waals surface area contributed by atoms with E-state index in [1.54, 1.807) is 6.07 Å². The molecule has 0 bridgehead atoms. The Morgan fingerprint density at radius 3 is 2.09 bits per heavy atom. The maximum Gasteiger partial charge on any atom is 1.00 e. The van der Waals surface area contributed by atoms with Crippen LogP contribution in [0.3, 0.4) is 0 Å². The average molecular weight is 165 g/mol. The number of hydrogen-bond acceptors (Lipinski definition) is 4. The van der Waals surface area contributed by atoms with Gasteiger partial charge in [0.15, 0.2) is 6.29 Å². The SMILES string of the molecule is COC(OC)/C(C#N)=C/[O-].[Na+]. The van der Waals surface area contributed by atoms with Crippen LogP contribution in [0.1, 0.15) is 0 Å². The van der Waals surface area contributed by atoms with Gasteiger partial charge in [-0.15, -0.1) is 6.26 Å². The van der Waals surface area contributed by atoms with Gasteiger partial charge in [0.25, 0.3) is 0 Å². The third kappa shape index (κ3) is 4.40. The fourth-order valence-electron chi connectivity index (χ4n) is 0.485. The normalized spacial score (nSPS) is 10.5. The van der Waals surface area contributed by atoms with Crippen molar-refractivity contribution in [1.82, 2.24) is 0 Å². The number of ether oxygens (including phenoxy) is 2. The summed E-state index contributed by atoms with van der Waals surface area (Å²) in [5, 5.41) is 18.4. The molecule has 0 saturated heterocycles. The molecule has 0 aromatic rings. The third-order valence-electron chi connectivity index (χ3n) is 0.938. The molecule has 0 spiro atoms. The first-order chi connectivity index (χ1) is 4.79. The standard InChI is InChI=1S/C6H9NO3.Na/c1-9-6(10-2)5(3-7)4-8;/h4,6,8H,1-2H3;/q;+1/p-1/b5-4+;. The average Bonchev–Trinajstić information content (AvgIpc) is 2.00. The molecule has 0 aliphatic rings. The summed E-state index contributed by atoms with van der Waals surface area (Å²) >= 11 is 0. The molecule has 0 heterocycles. The molecular weight excluding hydrogens is 157 g/mol. The summed E-state index contributed by atoms with van der Waals surface area (Å²) in [6.07, 6.45) is -0.417. The summed E-state index contributed by atoms with van der Waals surface area (Å²) in [5.74, 6) is 0. The predicted octanol–water partition coefficient (Wildman–Crippen LogP) is -3.62. The summed E-state index contributed by atoms with van der Waals surface area (Å²) in [4.78, 5) is 0. The molecule has 0 aliphatic carbocycles. The van der Waals surface area contributed by atoms with Crippen LogP contribution in [-0.2, 0) is 9.47 Å². The Kier molecular flexibility index (Phi) is 9.90. The molecule has 0 aliphatic heterocycles. The van der Waals surface area contributed by atoms with Crippen molar-refractivity contribution in [2.75, 3.05) is 14.2 Å². The van der Waals surface area contributed by atoms with Gasteiger partial charge >= 0.3 is 29.6 Å². The van der Waals surface area contributed by atoms with E-state index in [2.05, 4.69) is 9.47 Å². The van der Waals surface area contributed by atoms with Crippen LogP contribution in [0.15, 0.2) is 11.8 Å². The molecule has 0 saturated carbocycles. The molecule has 0 N–H and O–H groups in total. The Labute approximate surface area is 87.7 Å². The van der Waals surface area contributed by atoms with Crippen molar-refractivity contribution in [3.8, 4) is 6.07 Å². The van der Waals surface area contributed by atoms with Gasteiger partial charge in [-0.1, -0.05) is 0 Å². The van der Waals surface area contributed by atoms with Gasteiger partial charge < -0.3 is 14.6 Å². The van der Waals surface area contributed by atoms with Crippen LogP contribution in [-0.4, -0.2) is 20.5 Å². The van der Waals surface area contributed by atoms with Gasteiger partial charge in [-0.05, 0) is 0 Å². The molecule has 4 nitrogen and oxygen atoms in total. The zero-order chi connectivity index (χ0) is 7.98. The molecule has 0 atom stereocenters. The van der Waals surface area contributed by atoms with Crippen molar-refractivity contribution in [1.29, 1.82) is 5.26 Å². The summed E-state index contributed by atoms with van der Waals surface area (Å²) < 4.78 is 9.26. The largest absolute Gasteiger partial charge is 1.00 e. The van der Waals surface area contributed by atoms with Crippen LogP contribution in [0.25, 0.3) is 0 Å². The molecular formula is C6H8NNaO3. The topological polar surface area (TPSA) is 65.3 Å².